The van der Waals surface area contributed by atoms with E-state index in [4.69, 9.17) is 0 Å². The van der Waals surface area contributed by atoms with E-state index in [0.29, 0.717) is 0 Å². The first-order chi connectivity index (χ1) is 10.2. The van der Waals surface area contributed by atoms with Crippen LogP contribution in [0, 0.1) is 6.92 Å². The zero-order valence-electron chi connectivity index (χ0n) is 13.1. The van der Waals surface area contributed by atoms with Crippen LogP contribution in [-0.2, 0) is 13.1 Å². The summed E-state index contributed by atoms with van der Waals surface area (Å²) in [6.07, 6.45) is 4.94. The summed E-state index contributed by atoms with van der Waals surface area (Å²) in [5.41, 5.74) is 3.66. The van der Waals surface area contributed by atoms with Crippen molar-refractivity contribution >= 4 is 5.95 Å². The van der Waals surface area contributed by atoms with Crippen LogP contribution in [0.25, 0.3) is 0 Å². The van der Waals surface area contributed by atoms with Gasteiger partial charge in [-0.3, -0.25) is 0 Å². The van der Waals surface area contributed by atoms with E-state index in [0.717, 1.165) is 37.6 Å². The Kier molecular flexibility index (Phi) is 5.69. The molecule has 0 atom stereocenters. The lowest BCUT2D eigenvalue weighted by Gasteiger charge is -2.17. The van der Waals surface area contributed by atoms with Crippen LogP contribution in [0.1, 0.15) is 30.0 Å². The summed E-state index contributed by atoms with van der Waals surface area (Å²) >= 11 is 0. The molecule has 21 heavy (non-hydrogen) atoms. The number of anilines is 1. The molecule has 0 aliphatic rings. The second-order valence-electron chi connectivity index (χ2n) is 5.41. The number of benzene rings is 1. The Morgan fingerprint density at radius 2 is 1.71 bits per heavy atom. The smallest absolute Gasteiger partial charge is 0.225 e. The molecule has 0 saturated carbocycles. The standard InChI is InChI=1S/C17H24N4/c1-4-9-18-10-16-11-19-17(20-12-16)21(3)13-15-7-5-14(2)6-8-15/h5-8,11-12,18H,4,9-10,13H2,1-3H3. The highest BCUT2D eigenvalue weighted by molar-refractivity contribution is 5.32. The third-order valence-electron chi connectivity index (χ3n) is 3.33. The maximum Gasteiger partial charge on any atom is 0.225 e. The van der Waals surface area contributed by atoms with Gasteiger partial charge < -0.3 is 10.2 Å². The van der Waals surface area contributed by atoms with Gasteiger partial charge in [0.25, 0.3) is 0 Å². The van der Waals surface area contributed by atoms with Crippen molar-refractivity contribution in [1.82, 2.24) is 15.3 Å². The molecular weight excluding hydrogens is 260 g/mol. The molecule has 1 aromatic heterocycles. The second-order valence-corrected chi connectivity index (χ2v) is 5.41. The maximum atomic E-state index is 4.45. The summed E-state index contributed by atoms with van der Waals surface area (Å²) < 4.78 is 0. The maximum absolute atomic E-state index is 4.45. The highest BCUT2D eigenvalue weighted by atomic mass is 15.2. The molecule has 2 rings (SSSR count). The molecule has 112 valence electrons. The van der Waals surface area contributed by atoms with E-state index in [2.05, 4.69) is 58.3 Å². The van der Waals surface area contributed by atoms with E-state index in [1.165, 1.54) is 11.1 Å². The molecule has 0 spiro atoms. The van der Waals surface area contributed by atoms with Crippen molar-refractivity contribution < 1.29 is 0 Å². The molecule has 4 heteroatoms. The number of hydrogen-bond acceptors (Lipinski definition) is 4. The topological polar surface area (TPSA) is 41.1 Å². The van der Waals surface area contributed by atoms with Gasteiger partial charge in [-0.1, -0.05) is 36.8 Å². The van der Waals surface area contributed by atoms with Gasteiger partial charge in [0.1, 0.15) is 0 Å². The van der Waals surface area contributed by atoms with Gasteiger partial charge in [0, 0.05) is 38.1 Å². The summed E-state index contributed by atoms with van der Waals surface area (Å²) in [4.78, 5) is 11.0. The van der Waals surface area contributed by atoms with Gasteiger partial charge in [0.05, 0.1) is 0 Å². The Balaban J connectivity index is 1.93. The summed E-state index contributed by atoms with van der Waals surface area (Å²) in [6.45, 7) is 6.92. The van der Waals surface area contributed by atoms with Crippen LogP contribution in [0.3, 0.4) is 0 Å². The predicted molar refractivity (Wildman–Crippen MR) is 87.3 cm³/mol. The molecular formula is C17H24N4. The molecule has 0 bridgehead atoms. The highest BCUT2D eigenvalue weighted by Gasteiger charge is 2.05. The molecule has 0 aliphatic heterocycles. The average Bonchev–Trinajstić information content (AvgIpc) is 2.50. The summed E-state index contributed by atoms with van der Waals surface area (Å²) in [5, 5.41) is 3.35. The largest absolute Gasteiger partial charge is 0.340 e. The van der Waals surface area contributed by atoms with Crippen molar-refractivity contribution in [3.8, 4) is 0 Å². The van der Waals surface area contributed by atoms with Crippen LogP contribution in [0.4, 0.5) is 5.95 Å². The Labute approximate surface area is 127 Å². The molecule has 0 saturated heterocycles. The van der Waals surface area contributed by atoms with Gasteiger partial charge >= 0.3 is 0 Å². The lowest BCUT2D eigenvalue weighted by atomic mass is 10.1. The van der Waals surface area contributed by atoms with E-state index in [1.54, 1.807) is 0 Å². The Morgan fingerprint density at radius 3 is 2.33 bits per heavy atom. The van der Waals surface area contributed by atoms with Crippen LogP contribution >= 0.6 is 0 Å². The lowest BCUT2D eigenvalue weighted by molar-refractivity contribution is 0.671. The minimum Gasteiger partial charge on any atom is -0.340 e. The van der Waals surface area contributed by atoms with Crippen LogP contribution in [0.5, 0.6) is 0 Å². The van der Waals surface area contributed by atoms with E-state index < -0.39 is 0 Å². The summed E-state index contributed by atoms with van der Waals surface area (Å²) in [7, 11) is 2.02. The Morgan fingerprint density at radius 1 is 1.05 bits per heavy atom. The molecule has 4 nitrogen and oxygen atoms in total. The molecule has 1 aromatic carbocycles. The van der Waals surface area contributed by atoms with Crippen molar-refractivity contribution in [2.75, 3.05) is 18.5 Å². The first-order valence-electron chi connectivity index (χ1n) is 7.47. The third-order valence-corrected chi connectivity index (χ3v) is 3.33. The SMILES string of the molecule is CCCNCc1cnc(N(C)Cc2ccc(C)cc2)nc1. The summed E-state index contributed by atoms with van der Waals surface area (Å²) in [5.74, 6) is 0.759. The molecule has 0 unspecified atom stereocenters. The number of rotatable bonds is 7. The average molecular weight is 284 g/mol. The van der Waals surface area contributed by atoms with Gasteiger partial charge in [-0.05, 0) is 25.5 Å². The fourth-order valence-corrected chi connectivity index (χ4v) is 2.08. The monoisotopic (exact) mass is 284 g/mol. The molecule has 0 aliphatic carbocycles. The Hall–Kier alpha value is -1.94. The molecule has 0 amide bonds. The predicted octanol–water partition coefficient (Wildman–Crippen LogP) is 2.92. The fourth-order valence-electron chi connectivity index (χ4n) is 2.08. The number of nitrogens with zero attached hydrogens (tertiary/aromatic N) is 3. The van der Waals surface area contributed by atoms with Gasteiger partial charge in [-0.25, -0.2) is 9.97 Å². The minimum absolute atomic E-state index is 0.759. The number of nitrogens with one attached hydrogen (secondary N) is 1. The van der Waals surface area contributed by atoms with Crippen LogP contribution in [-0.4, -0.2) is 23.6 Å². The summed E-state index contributed by atoms with van der Waals surface area (Å²) in [6, 6.07) is 8.56. The Bertz CT molecular complexity index is 534. The quantitative estimate of drug-likeness (QED) is 0.794. The van der Waals surface area contributed by atoms with E-state index in [-0.39, 0.29) is 0 Å². The first-order valence-corrected chi connectivity index (χ1v) is 7.47. The zero-order valence-corrected chi connectivity index (χ0v) is 13.1. The van der Waals surface area contributed by atoms with E-state index in [1.807, 2.05) is 19.4 Å². The molecule has 0 radical (unpaired) electrons. The number of aryl methyl sites for hydroxylation is 1. The highest BCUT2D eigenvalue weighted by Crippen LogP contribution is 2.11. The fraction of sp³-hybridized carbons (Fsp3) is 0.412. The second kappa shape index (κ2) is 7.74. The van der Waals surface area contributed by atoms with Crippen molar-refractivity contribution in [3.05, 3.63) is 53.3 Å². The molecule has 1 heterocycles. The zero-order chi connectivity index (χ0) is 15.1. The van der Waals surface area contributed by atoms with Gasteiger partial charge in [-0.2, -0.15) is 0 Å². The molecule has 2 aromatic rings. The normalized spacial score (nSPS) is 10.6. The van der Waals surface area contributed by atoms with Crippen LogP contribution < -0.4 is 10.2 Å². The van der Waals surface area contributed by atoms with Gasteiger partial charge in [-0.15, -0.1) is 0 Å². The third kappa shape index (κ3) is 4.83. The minimum atomic E-state index is 0.759. The van der Waals surface area contributed by atoms with Gasteiger partial charge in [0.15, 0.2) is 0 Å². The molecule has 0 fully saturated rings. The van der Waals surface area contributed by atoms with Gasteiger partial charge in [0.2, 0.25) is 5.95 Å². The van der Waals surface area contributed by atoms with Crippen molar-refractivity contribution in [2.45, 2.75) is 33.4 Å². The molecule has 1 N–H and O–H groups in total. The van der Waals surface area contributed by atoms with Crippen molar-refractivity contribution in [1.29, 1.82) is 0 Å². The van der Waals surface area contributed by atoms with E-state index >= 15 is 0 Å². The number of aromatic nitrogens is 2. The van der Waals surface area contributed by atoms with Crippen molar-refractivity contribution in [3.63, 3.8) is 0 Å². The number of hydrogen-bond donors (Lipinski definition) is 1. The van der Waals surface area contributed by atoms with Crippen LogP contribution in [0.15, 0.2) is 36.7 Å². The first kappa shape index (κ1) is 15.4. The van der Waals surface area contributed by atoms with E-state index in [9.17, 15) is 0 Å². The van der Waals surface area contributed by atoms with Crippen molar-refractivity contribution in [2.24, 2.45) is 0 Å². The van der Waals surface area contributed by atoms with Crippen LogP contribution in [0.2, 0.25) is 0 Å². The lowest BCUT2D eigenvalue weighted by Crippen LogP contribution is -2.20.